The van der Waals surface area contributed by atoms with Crippen LogP contribution in [0.2, 0.25) is 0 Å². The molecule has 1 N–H and O–H groups in total. The van der Waals surface area contributed by atoms with E-state index in [1.54, 1.807) is 6.92 Å². The van der Waals surface area contributed by atoms with Gasteiger partial charge >= 0.3 is 0 Å². The minimum Gasteiger partial charge on any atom is -0.346 e. The van der Waals surface area contributed by atoms with E-state index in [0.29, 0.717) is 6.54 Å². The van der Waals surface area contributed by atoms with Crippen LogP contribution in [0.25, 0.3) is 0 Å². The average molecular weight is 141 g/mol. The minimum atomic E-state index is -0.526. The molecule has 56 valence electrons. The lowest BCUT2D eigenvalue weighted by molar-refractivity contribution is -0.137. The van der Waals surface area contributed by atoms with Crippen LogP contribution < -0.4 is 5.32 Å². The Morgan fingerprint density at radius 3 is 2.60 bits per heavy atom. The Morgan fingerprint density at radius 1 is 1.60 bits per heavy atom. The predicted octanol–water partition coefficient (Wildman–Crippen LogP) is 0.268. The third-order valence-electron chi connectivity index (χ3n) is 0.981. The van der Waals surface area contributed by atoms with Gasteiger partial charge in [-0.25, -0.2) is 0 Å². The summed E-state index contributed by atoms with van der Waals surface area (Å²) in [5.41, 5.74) is 0. The maximum Gasteiger partial charge on any atom is 0.287 e. The van der Waals surface area contributed by atoms with Gasteiger partial charge in [-0.3, -0.25) is 9.59 Å². The lowest BCUT2D eigenvalue weighted by Crippen LogP contribution is -2.30. The Hall–Kier alpha value is -1.12. The van der Waals surface area contributed by atoms with Gasteiger partial charge in [0, 0.05) is 13.0 Å². The third-order valence-corrected chi connectivity index (χ3v) is 0.981. The number of amides is 1. The molecule has 0 radical (unpaired) electrons. The van der Waals surface area contributed by atoms with Crippen molar-refractivity contribution in [2.24, 2.45) is 0 Å². The molecule has 0 spiro atoms. The van der Waals surface area contributed by atoms with Gasteiger partial charge in [-0.15, -0.1) is 6.58 Å². The van der Waals surface area contributed by atoms with Gasteiger partial charge in [0.2, 0.25) is 5.78 Å². The quantitative estimate of drug-likeness (QED) is 0.451. The van der Waals surface area contributed by atoms with Crippen LogP contribution in [0.1, 0.15) is 13.3 Å². The molecule has 0 saturated heterocycles. The van der Waals surface area contributed by atoms with Crippen LogP contribution in [0, 0.1) is 0 Å². The predicted molar refractivity (Wildman–Crippen MR) is 38.5 cm³/mol. The molecule has 0 saturated carbocycles. The highest BCUT2D eigenvalue weighted by Crippen LogP contribution is 1.79. The first-order valence-corrected chi connectivity index (χ1v) is 3.14. The molecular weight excluding hydrogens is 130 g/mol. The maximum atomic E-state index is 10.6. The molecule has 3 nitrogen and oxygen atoms in total. The maximum absolute atomic E-state index is 10.6. The van der Waals surface area contributed by atoms with Crippen LogP contribution in [0.4, 0.5) is 0 Å². The second-order valence-electron chi connectivity index (χ2n) is 1.78. The fraction of sp³-hybridized carbons (Fsp3) is 0.429. The van der Waals surface area contributed by atoms with Crippen molar-refractivity contribution in [1.29, 1.82) is 0 Å². The van der Waals surface area contributed by atoms with Crippen molar-refractivity contribution in [3.8, 4) is 0 Å². The topological polar surface area (TPSA) is 46.2 Å². The SMILES string of the molecule is C=CCNC(=O)C(=O)CC. The van der Waals surface area contributed by atoms with Crippen LogP contribution in [-0.2, 0) is 9.59 Å². The van der Waals surface area contributed by atoms with Gasteiger partial charge in [-0.2, -0.15) is 0 Å². The number of carbonyl (C=O) groups excluding carboxylic acids is 2. The molecule has 10 heavy (non-hydrogen) atoms. The van der Waals surface area contributed by atoms with Crippen molar-refractivity contribution < 1.29 is 9.59 Å². The highest BCUT2D eigenvalue weighted by Gasteiger charge is 2.07. The molecule has 1 amide bonds. The molecule has 0 aliphatic rings. The van der Waals surface area contributed by atoms with Crippen LogP contribution in [0.5, 0.6) is 0 Å². The second kappa shape index (κ2) is 4.73. The molecule has 3 heteroatoms. The van der Waals surface area contributed by atoms with Gasteiger partial charge in [0.15, 0.2) is 0 Å². The summed E-state index contributed by atoms with van der Waals surface area (Å²) >= 11 is 0. The molecule has 0 aliphatic heterocycles. The first-order valence-electron chi connectivity index (χ1n) is 3.14. The van der Waals surface area contributed by atoms with Crippen LogP contribution in [0.15, 0.2) is 12.7 Å². The van der Waals surface area contributed by atoms with E-state index in [1.165, 1.54) is 6.08 Å². The normalized spacial score (nSPS) is 8.50. The van der Waals surface area contributed by atoms with Crippen molar-refractivity contribution in [2.45, 2.75) is 13.3 Å². The highest BCUT2D eigenvalue weighted by atomic mass is 16.2. The minimum absolute atomic E-state index is 0.253. The smallest absolute Gasteiger partial charge is 0.287 e. The van der Waals surface area contributed by atoms with E-state index in [2.05, 4.69) is 11.9 Å². The van der Waals surface area contributed by atoms with Crippen molar-refractivity contribution in [2.75, 3.05) is 6.54 Å². The van der Waals surface area contributed by atoms with E-state index in [9.17, 15) is 9.59 Å². The molecule has 0 aromatic carbocycles. The Labute approximate surface area is 60.1 Å². The Bertz CT molecular complexity index is 152. The van der Waals surface area contributed by atoms with Gasteiger partial charge < -0.3 is 5.32 Å². The molecule has 0 fully saturated rings. The van der Waals surface area contributed by atoms with E-state index < -0.39 is 5.91 Å². The lowest BCUT2D eigenvalue weighted by atomic mass is 10.3. The van der Waals surface area contributed by atoms with E-state index in [4.69, 9.17) is 0 Å². The first kappa shape index (κ1) is 8.88. The summed E-state index contributed by atoms with van der Waals surface area (Å²) in [5.74, 6) is -0.913. The molecule has 0 aromatic heterocycles. The lowest BCUT2D eigenvalue weighted by Gasteiger charge is -1.96. The number of Topliss-reactive ketones (excluding diaryl/α,β-unsaturated/α-hetero) is 1. The first-order chi connectivity index (χ1) is 4.72. The summed E-state index contributed by atoms with van der Waals surface area (Å²) in [6.07, 6.45) is 1.78. The summed E-state index contributed by atoms with van der Waals surface area (Å²) in [6, 6.07) is 0. The highest BCUT2D eigenvalue weighted by molar-refractivity contribution is 6.36. The number of carbonyl (C=O) groups is 2. The molecule has 0 atom stereocenters. The Balaban J connectivity index is 3.62. The Kier molecular flexibility index (Phi) is 4.20. The van der Waals surface area contributed by atoms with Gasteiger partial charge in [0.05, 0.1) is 0 Å². The van der Waals surface area contributed by atoms with E-state index in [-0.39, 0.29) is 12.2 Å². The number of hydrogen-bond donors (Lipinski definition) is 1. The number of hydrogen-bond acceptors (Lipinski definition) is 2. The standard InChI is InChI=1S/C7H11NO2/c1-3-5-8-7(10)6(9)4-2/h3H,1,4-5H2,2H3,(H,8,10). The zero-order valence-corrected chi connectivity index (χ0v) is 6.02. The van der Waals surface area contributed by atoms with E-state index >= 15 is 0 Å². The van der Waals surface area contributed by atoms with Crippen LogP contribution >= 0.6 is 0 Å². The van der Waals surface area contributed by atoms with Crippen molar-refractivity contribution in [1.82, 2.24) is 5.32 Å². The number of rotatable bonds is 4. The largest absolute Gasteiger partial charge is 0.346 e. The molecular formula is C7H11NO2. The number of nitrogens with one attached hydrogen (secondary N) is 1. The van der Waals surface area contributed by atoms with Gasteiger partial charge in [-0.05, 0) is 0 Å². The van der Waals surface area contributed by atoms with Crippen molar-refractivity contribution >= 4 is 11.7 Å². The Morgan fingerprint density at radius 2 is 2.20 bits per heavy atom. The van der Waals surface area contributed by atoms with E-state index in [1.807, 2.05) is 0 Å². The van der Waals surface area contributed by atoms with Crippen molar-refractivity contribution in [3.63, 3.8) is 0 Å². The van der Waals surface area contributed by atoms with Crippen LogP contribution in [0.3, 0.4) is 0 Å². The second-order valence-corrected chi connectivity index (χ2v) is 1.78. The summed E-state index contributed by atoms with van der Waals surface area (Å²) in [5, 5.41) is 2.38. The molecule has 0 aromatic rings. The molecule has 0 heterocycles. The van der Waals surface area contributed by atoms with E-state index in [0.717, 1.165) is 0 Å². The zero-order valence-electron chi connectivity index (χ0n) is 6.02. The van der Waals surface area contributed by atoms with Crippen molar-refractivity contribution in [3.05, 3.63) is 12.7 Å². The fourth-order valence-electron chi connectivity index (χ4n) is 0.424. The zero-order chi connectivity index (χ0) is 7.98. The van der Waals surface area contributed by atoms with Crippen LogP contribution in [-0.4, -0.2) is 18.2 Å². The molecule has 0 bridgehead atoms. The molecule has 0 aliphatic carbocycles. The third kappa shape index (κ3) is 3.02. The number of ketones is 1. The summed E-state index contributed by atoms with van der Waals surface area (Å²) < 4.78 is 0. The molecule has 0 rings (SSSR count). The van der Waals surface area contributed by atoms with Gasteiger partial charge in [0.1, 0.15) is 0 Å². The summed E-state index contributed by atoms with van der Waals surface area (Å²) in [6.45, 7) is 5.39. The van der Waals surface area contributed by atoms with Gasteiger partial charge in [0.25, 0.3) is 5.91 Å². The molecule has 0 unspecified atom stereocenters. The van der Waals surface area contributed by atoms with Gasteiger partial charge in [-0.1, -0.05) is 13.0 Å². The fourth-order valence-corrected chi connectivity index (χ4v) is 0.424. The monoisotopic (exact) mass is 141 g/mol. The summed E-state index contributed by atoms with van der Waals surface area (Å²) in [7, 11) is 0. The summed E-state index contributed by atoms with van der Waals surface area (Å²) in [4.78, 5) is 21.2. The average Bonchev–Trinajstić information content (AvgIpc) is 1.98.